The summed E-state index contributed by atoms with van der Waals surface area (Å²) in [7, 11) is 3.51. The molecule has 2 rings (SSSR count). The first-order valence-electron chi connectivity index (χ1n) is 10.1. The normalized spacial score (nSPS) is 20.8. The molecule has 1 aliphatic heterocycles. The van der Waals surface area contributed by atoms with E-state index >= 15 is 0 Å². The van der Waals surface area contributed by atoms with Crippen molar-refractivity contribution in [1.29, 1.82) is 0 Å². The third-order valence-electron chi connectivity index (χ3n) is 4.90. The number of ether oxygens (including phenoxy) is 2. The highest BCUT2D eigenvalue weighted by atomic mass is 127. The Bertz CT molecular complexity index is 437. The molecule has 1 saturated heterocycles. The Hall–Kier alpha value is -0.610. The Morgan fingerprint density at radius 3 is 2.63 bits per heavy atom. The molecular weight excluding hydrogens is 459 g/mol. The molecule has 1 atom stereocenters. The Labute approximate surface area is 181 Å². The number of nitrogens with one attached hydrogen (secondary N) is 2. The summed E-state index contributed by atoms with van der Waals surface area (Å²) in [5.74, 6) is 0.751. The van der Waals surface area contributed by atoms with Crippen molar-refractivity contribution in [1.82, 2.24) is 15.5 Å². The molecule has 27 heavy (non-hydrogen) atoms. The van der Waals surface area contributed by atoms with E-state index in [0.29, 0.717) is 19.3 Å². The van der Waals surface area contributed by atoms with Crippen LogP contribution in [0.5, 0.6) is 0 Å². The minimum atomic E-state index is 0. The van der Waals surface area contributed by atoms with Crippen molar-refractivity contribution >= 4 is 35.8 Å². The van der Waals surface area contributed by atoms with Gasteiger partial charge in [0.1, 0.15) is 6.54 Å². The third kappa shape index (κ3) is 10.5. The van der Waals surface area contributed by atoms with Crippen LogP contribution in [0.4, 0.5) is 0 Å². The predicted octanol–water partition coefficient (Wildman–Crippen LogP) is 2.15. The van der Waals surface area contributed by atoms with Crippen molar-refractivity contribution in [3.8, 4) is 0 Å². The zero-order valence-electron chi connectivity index (χ0n) is 16.9. The van der Waals surface area contributed by atoms with E-state index in [0.717, 1.165) is 38.4 Å². The molecule has 8 heteroatoms. The number of amides is 1. The van der Waals surface area contributed by atoms with Gasteiger partial charge in [-0.25, -0.2) is 4.99 Å². The van der Waals surface area contributed by atoms with Gasteiger partial charge >= 0.3 is 0 Å². The molecule has 0 radical (unpaired) electrons. The van der Waals surface area contributed by atoms with E-state index in [1.807, 2.05) is 0 Å². The molecule has 1 aliphatic carbocycles. The molecule has 7 nitrogen and oxygen atoms in total. The highest BCUT2D eigenvalue weighted by Crippen LogP contribution is 2.17. The lowest BCUT2D eigenvalue weighted by Crippen LogP contribution is -2.45. The molecule has 2 aliphatic rings. The molecule has 0 aromatic heterocycles. The standard InChI is InChI=1S/C19H36N4O3.HI/c1-23(2)18(24)14-21-19(22-16-8-4-3-5-9-16)20-11-7-12-25-15-17-10-6-13-26-17;/h16-17H,3-15H2,1-2H3,(H2,20,21,22);1H. The minimum absolute atomic E-state index is 0. The smallest absolute Gasteiger partial charge is 0.243 e. The Morgan fingerprint density at radius 1 is 1.19 bits per heavy atom. The van der Waals surface area contributed by atoms with Gasteiger partial charge in [-0.05, 0) is 32.1 Å². The fourth-order valence-corrected chi connectivity index (χ4v) is 3.25. The van der Waals surface area contributed by atoms with Crippen molar-refractivity contribution in [2.75, 3.05) is 47.0 Å². The van der Waals surface area contributed by atoms with Gasteiger partial charge in [-0.3, -0.25) is 4.79 Å². The second-order valence-corrected chi connectivity index (χ2v) is 7.42. The number of likely N-dealkylation sites (N-methyl/N-ethyl adjacent to an activating group) is 1. The number of hydrogen-bond donors (Lipinski definition) is 2. The fourth-order valence-electron chi connectivity index (χ4n) is 3.25. The second-order valence-electron chi connectivity index (χ2n) is 7.42. The first-order chi connectivity index (χ1) is 12.6. The number of guanidine groups is 1. The van der Waals surface area contributed by atoms with Crippen molar-refractivity contribution in [2.45, 2.75) is 63.5 Å². The quantitative estimate of drug-likeness (QED) is 0.222. The van der Waals surface area contributed by atoms with Gasteiger partial charge in [0, 0.05) is 39.9 Å². The maximum atomic E-state index is 11.8. The second kappa shape index (κ2) is 14.4. The van der Waals surface area contributed by atoms with Crippen molar-refractivity contribution < 1.29 is 14.3 Å². The molecule has 1 heterocycles. The zero-order valence-corrected chi connectivity index (χ0v) is 19.2. The van der Waals surface area contributed by atoms with E-state index < -0.39 is 0 Å². The molecule has 1 saturated carbocycles. The van der Waals surface area contributed by atoms with E-state index in [4.69, 9.17) is 9.47 Å². The number of halogens is 1. The third-order valence-corrected chi connectivity index (χ3v) is 4.90. The number of hydrogen-bond acceptors (Lipinski definition) is 4. The molecule has 158 valence electrons. The number of carbonyl (C=O) groups excluding carboxylic acids is 1. The first kappa shape index (κ1) is 24.4. The van der Waals surface area contributed by atoms with Crippen LogP contribution in [0.2, 0.25) is 0 Å². The van der Waals surface area contributed by atoms with E-state index in [-0.39, 0.29) is 42.5 Å². The molecule has 2 fully saturated rings. The van der Waals surface area contributed by atoms with Gasteiger partial charge in [-0.15, -0.1) is 24.0 Å². The van der Waals surface area contributed by atoms with Gasteiger partial charge in [0.2, 0.25) is 5.91 Å². The molecular formula is C19H37IN4O3. The fraction of sp³-hybridized carbons (Fsp3) is 0.895. The van der Waals surface area contributed by atoms with Crippen LogP contribution in [0.25, 0.3) is 0 Å². The largest absolute Gasteiger partial charge is 0.379 e. The van der Waals surface area contributed by atoms with Crippen LogP contribution in [0.3, 0.4) is 0 Å². The van der Waals surface area contributed by atoms with Crippen LogP contribution in [0.1, 0.15) is 51.4 Å². The molecule has 1 unspecified atom stereocenters. The highest BCUT2D eigenvalue weighted by Gasteiger charge is 2.16. The average molecular weight is 496 g/mol. The minimum Gasteiger partial charge on any atom is -0.379 e. The number of rotatable bonds is 9. The number of aliphatic imine (C=N–C) groups is 1. The summed E-state index contributed by atoms with van der Waals surface area (Å²) in [5, 5.41) is 6.84. The Balaban J connectivity index is 0.00000364. The van der Waals surface area contributed by atoms with E-state index in [1.165, 1.54) is 32.1 Å². The van der Waals surface area contributed by atoms with Crippen LogP contribution in [0, 0.1) is 0 Å². The maximum absolute atomic E-state index is 11.8. The van der Waals surface area contributed by atoms with Gasteiger partial charge in [-0.1, -0.05) is 19.3 Å². The molecule has 0 bridgehead atoms. The lowest BCUT2D eigenvalue weighted by atomic mass is 9.96. The molecule has 0 aromatic carbocycles. The van der Waals surface area contributed by atoms with Gasteiger partial charge in [-0.2, -0.15) is 0 Å². The highest BCUT2D eigenvalue weighted by molar-refractivity contribution is 14.0. The van der Waals surface area contributed by atoms with Crippen molar-refractivity contribution in [3.63, 3.8) is 0 Å². The molecule has 1 amide bonds. The Kier molecular flexibility index (Phi) is 13.0. The van der Waals surface area contributed by atoms with Crippen LogP contribution in [-0.4, -0.2) is 75.9 Å². The summed E-state index contributed by atoms with van der Waals surface area (Å²) in [6, 6.07) is 0.459. The Morgan fingerprint density at radius 2 is 1.96 bits per heavy atom. The first-order valence-corrected chi connectivity index (χ1v) is 10.1. The lowest BCUT2D eigenvalue weighted by Gasteiger charge is -2.25. The number of carbonyl (C=O) groups is 1. The lowest BCUT2D eigenvalue weighted by molar-refractivity contribution is -0.127. The average Bonchev–Trinajstić information content (AvgIpc) is 3.16. The van der Waals surface area contributed by atoms with E-state index in [9.17, 15) is 4.79 Å². The summed E-state index contributed by atoms with van der Waals surface area (Å²) < 4.78 is 11.2. The van der Waals surface area contributed by atoms with E-state index in [1.54, 1.807) is 19.0 Å². The summed E-state index contributed by atoms with van der Waals surface area (Å²) >= 11 is 0. The number of nitrogens with zero attached hydrogens (tertiary/aromatic N) is 2. The summed E-state index contributed by atoms with van der Waals surface area (Å²) in [5.41, 5.74) is 0. The van der Waals surface area contributed by atoms with Crippen LogP contribution in [-0.2, 0) is 14.3 Å². The summed E-state index contributed by atoms with van der Waals surface area (Å²) in [6.07, 6.45) is 9.63. The molecule has 2 N–H and O–H groups in total. The van der Waals surface area contributed by atoms with Crippen LogP contribution >= 0.6 is 24.0 Å². The topological polar surface area (TPSA) is 75.2 Å². The van der Waals surface area contributed by atoms with Crippen molar-refractivity contribution in [2.24, 2.45) is 4.99 Å². The monoisotopic (exact) mass is 496 g/mol. The SMILES string of the molecule is CN(C)C(=O)CN=C(NCCCOCC1CCCO1)NC1CCCCC1.I. The summed E-state index contributed by atoms with van der Waals surface area (Å²) in [4.78, 5) is 17.8. The van der Waals surface area contributed by atoms with Crippen LogP contribution < -0.4 is 10.6 Å². The van der Waals surface area contributed by atoms with E-state index in [2.05, 4.69) is 15.6 Å². The molecule has 0 aromatic rings. The van der Waals surface area contributed by atoms with Gasteiger partial charge in [0.05, 0.1) is 12.7 Å². The predicted molar refractivity (Wildman–Crippen MR) is 119 cm³/mol. The zero-order chi connectivity index (χ0) is 18.6. The van der Waals surface area contributed by atoms with Crippen molar-refractivity contribution in [3.05, 3.63) is 0 Å². The van der Waals surface area contributed by atoms with Gasteiger partial charge in [0.15, 0.2) is 5.96 Å². The maximum Gasteiger partial charge on any atom is 0.243 e. The summed E-state index contributed by atoms with van der Waals surface area (Å²) in [6.45, 7) is 3.22. The van der Waals surface area contributed by atoms with Crippen LogP contribution in [0.15, 0.2) is 4.99 Å². The molecule has 0 spiro atoms. The van der Waals surface area contributed by atoms with Gasteiger partial charge in [0.25, 0.3) is 0 Å². The van der Waals surface area contributed by atoms with Gasteiger partial charge < -0.3 is 25.0 Å².